The van der Waals surface area contributed by atoms with Gasteiger partial charge in [0.05, 0.1) is 0 Å². The molecule has 2 aliphatic rings. The standard InChI is InChI=1S/C14H28N2/c1-2-14(7-3-4-8-14)12-16-11-13-5-9-15-10-6-13/h13,15-16H,2-12H2,1H3. The van der Waals surface area contributed by atoms with Crippen LogP contribution in [-0.4, -0.2) is 26.2 Å². The monoisotopic (exact) mass is 224 g/mol. The highest BCUT2D eigenvalue weighted by atomic mass is 14.9. The lowest BCUT2D eigenvalue weighted by Crippen LogP contribution is -2.38. The molecule has 2 heteroatoms. The van der Waals surface area contributed by atoms with Crippen molar-refractivity contribution in [3.8, 4) is 0 Å². The Labute approximate surface area is 101 Å². The van der Waals surface area contributed by atoms with Gasteiger partial charge in [-0.1, -0.05) is 19.8 Å². The van der Waals surface area contributed by atoms with Gasteiger partial charge in [0.25, 0.3) is 0 Å². The second-order valence-electron chi connectivity index (χ2n) is 5.88. The van der Waals surface area contributed by atoms with E-state index in [4.69, 9.17) is 0 Å². The van der Waals surface area contributed by atoms with Crippen LogP contribution in [0.1, 0.15) is 51.9 Å². The van der Waals surface area contributed by atoms with Gasteiger partial charge in [-0.2, -0.15) is 0 Å². The van der Waals surface area contributed by atoms with Crippen molar-refractivity contribution in [1.82, 2.24) is 10.6 Å². The summed E-state index contributed by atoms with van der Waals surface area (Å²) in [6, 6.07) is 0. The predicted octanol–water partition coefficient (Wildman–Crippen LogP) is 2.55. The van der Waals surface area contributed by atoms with Crippen molar-refractivity contribution < 1.29 is 0 Å². The Balaban J connectivity index is 1.66. The maximum Gasteiger partial charge on any atom is 0.000782 e. The van der Waals surface area contributed by atoms with Crippen LogP contribution >= 0.6 is 0 Å². The first kappa shape index (κ1) is 12.4. The molecule has 2 nitrogen and oxygen atoms in total. The lowest BCUT2D eigenvalue weighted by Gasteiger charge is -2.30. The van der Waals surface area contributed by atoms with Crippen molar-refractivity contribution in [2.24, 2.45) is 11.3 Å². The van der Waals surface area contributed by atoms with Gasteiger partial charge in [-0.15, -0.1) is 0 Å². The average molecular weight is 224 g/mol. The lowest BCUT2D eigenvalue weighted by molar-refractivity contribution is 0.253. The molecule has 0 amide bonds. The maximum atomic E-state index is 3.76. The quantitative estimate of drug-likeness (QED) is 0.750. The molecule has 0 aromatic rings. The fourth-order valence-corrected chi connectivity index (χ4v) is 3.41. The number of hydrogen-bond acceptors (Lipinski definition) is 2. The van der Waals surface area contributed by atoms with Crippen LogP contribution in [0.4, 0.5) is 0 Å². The van der Waals surface area contributed by atoms with Crippen molar-refractivity contribution in [2.45, 2.75) is 51.9 Å². The highest BCUT2D eigenvalue weighted by Crippen LogP contribution is 2.40. The molecule has 1 saturated carbocycles. The number of piperidine rings is 1. The van der Waals surface area contributed by atoms with Crippen LogP contribution in [0, 0.1) is 11.3 Å². The van der Waals surface area contributed by atoms with E-state index in [2.05, 4.69) is 17.6 Å². The summed E-state index contributed by atoms with van der Waals surface area (Å²) >= 11 is 0. The van der Waals surface area contributed by atoms with E-state index in [9.17, 15) is 0 Å². The minimum atomic E-state index is 0.660. The smallest absolute Gasteiger partial charge is 0.000782 e. The van der Waals surface area contributed by atoms with Gasteiger partial charge in [0.15, 0.2) is 0 Å². The second kappa shape index (κ2) is 6.02. The Morgan fingerprint density at radius 3 is 2.50 bits per heavy atom. The first-order valence-corrected chi connectivity index (χ1v) is 7.26. The van der Waals surface area contributed by atoms with E-state index >= 15 is 0 Å². The summed E-state index contributed by atoms with van der Waals surface area (Å²) in [5.74, 6) is 0.927. The summed E-state index contributed by atoms with van der Waals surface area (Å²) in [6.45, 7) is 7.35. The fourth-order valence-electron chi connectivity index (χ4n) is 3.41. The molecule has 0 spiro atoms. The van der Waals surface area contributed by atoms with E-state index < -0.39 is 0 Å². The van der Waals surface area contributed by atoms with Crippen LogP contribution in [0.15, 0.2) is 0 Å². The molecule has 0 atom stereocenters. The molecule has 0 radical (unpaired) electrons. The summed E-state index contributed by atoms with van der Waals surface area (Å²) in [7, 11) is 0. The van der Waals surface area contributed by atoms with Crippen molar-refractivity contribution in [2.75, 3.05) is 26.2 Å². The van der Waals surface area contributed by atoms with Crippen LogP contribution in [-0.2, 0) is 0 Å². The van der Waals surface area contributed by atoms with Crippen LogP contribution in [0.2, 0.25) is 0 Å². The largest absolute Gasteiger partial charge is 0.317 e. The zero-order valence-electron chi connectivity index (χ0n) is 10.9. The summed E-state index contributed by atoms with van der Waals surface area (Å²) < 4.78 is 0. The number of rotatable bonds is 5. The van der Waals surface area contributed by atoms with Crippen molar-refractivity contribution >= 4 is 0 Å². The van der Waals surface area contributed by atoms with Crippen molar-refractivity contribution in [1.29, 1.82) is 0 Å². The molecule has 1 heterocycles. The number of nitrogens with one attached hydrogen (secondary N) is 2. The van der Waals surface area contributed by atoms with Crippen molar-refractivity contribution in [3.05, 3.63) is 0 Å². The van der Waals surface area contributed by atoms with Crippen LogP contribution in [0.3, 0.4) is 0 Å². The Kier molecular flexibility index (Phi) is 4.66. The molecule has 1 aliphatic carbocycles. The maximum absolute atomic E-state index is 3.76. The SMILES string of the molecule is CCC1(CNCC2CCNCC2)CCCC1. The zero-order chi connectivity index (χ0) is 11.3. The second-order valence-corrected chi connectivity index (χ2v) is 5.88. The van der Waals surface area contributed by atoms with E-state index in [1.807, 2.05) is 0 Å². The van der Waals surface area contributed by atoms with Gasteiger partial charge in [-0.3, -0.25) is 0 Å². The van der Waals surface area contributed by atoms with Gasteiger partial charge in [0.1, 0.15) is 0 Å². The molecule has 1 saturated heterocycles. The normalized spacial score (nSPS) is 26.1. The Hall–Kier alpha value is -0.0800. The molecule has 0 unspecified atom stereocenters. The van der Waals surface area contributed by atoms with Gasteiger partial charge >= 0.3 is 0 Å². The van der Waals surface area contributed by atoms with Gasteiger partial charge in [-0.05, 0) is 63.1 Å². The minimum Gasteiger partial charge on any atom is -0.317 e. The Bertz CT molecular complexity index is 191. The summed E-state index contributed by atoms with van der Waals surface area (Å²) in [4.78, 5) is 0. The lowest BCUT2D eigenvalue weighted by atomic mass is 9.83. The topological polar surface area (TPSA) is 24.1 Å². The molecule has 0 aromatic carbocycles. The average Bonchev–Trinajstić information content (AvgIpc) is 2.80. The molecule has 1 aliphatic heterocycles. The Morgan fingerprint density at radius 1 is 1.19 bits per heavy atom. The van der Waals surface area contributed by atoms with Gasteiger partial charge in [0.2, 0.25) is 0 Å². The van der Waals surface area contributed by atoms with Gasteiger partial charge < -0.3 is 10.6 Å². The molecular formula is C14H28N2. The van der Waals surface area contributed by atoms with E-state index in [0.29, 0.717) is 5.41 Å². The molecule has 0 aromatic heterocycles. The third kappa shape index (κ3) is 3.21. The van der Waals surface area contributed by atoms with Gasteiger partial charge in [0, 0.05) is 6.54 Å². The van der Waals surface area contributed by atoms with Crippen LogP contribution in [0.5, 0.6) is 0 Å². The molecule has 2 rings (SSSR count). The fraction of sp³-hybridized carbons (Fsp3) is 1.00. The van der Waals surface area contributed by atoms with E-state index in [0.717, 1.165) is 5.92 Å². The molecule has 2 N–H and O–H groups in total. The summed E-state index contributed by atoms with van der Waals surface area (Å²) in [5, 5.41) is 7.20. The highest BCUT2D eigenvalue weighted by molar-refractivity contribution is 4.85. The minimum absolute atomic E-state index is 0.660. The zero-order valence-corrected chi connectivity index (χ0v) is 10.9. The summed E-state index contributed by atoms with van der Waals surface area (Å²) in [6.07, 6.45) is 9.95. The predicted molar refractivity (Wildman–Crippen MR) is 69.7 cm³/mol. The first-order valence-electron chi connectivity index (χ1n) is 7.26. The van der Waals surface area contributed by atoms with Crippen LogP contribution < -0.4 is 10.6 Å². The molecule has 0 bridgehead atoms. The Morgan fingerprint density at radius 2 is 1.88 bits per heavy atom. The first-order chi connectivity index (χ1) is 7.85. The third-order valence-electron chi connectivity index (χ3n) is 4.81. The molecular weight excluding hydrogens is 196 g/mol. The third-order valence-corrected chi connectivity index (χ3v) is 4.81. The molecule has 2 fully saturated rings. The van der Waals surface area contributed by atoms with Gasteiger partial charge in [-0.25, -0.2) is 0 Å². The van der Waals surface area contributed by atoms with E-state index in [-0.39, 0.29) is 0 Å². The van der Waals surface area contributed by atoms with Crippen LogP contribution in [0.25, 0.3) is 0 Å². The highest BCUT2D eigenvalue weighted by Gasteiger charge is 2.31. The van der Waals surface area contributed by atoms with E-state index in [1.54, 1.807) is 0 Å². The van der Waals surface area contributed by atoms with Crippen molar-refractivity contribution in [3.63, 3.8) is 0 Å². The van der Waals surface area contributed by atoms with E-state index in [1.165, 1.54) is 71.1 Å². The molecule has 16 heavy (non-hydrogen) atoms. The molecule has 94 valence electrons. The summed E-state index contributed by atoms with van der Waals surface area (Å²) in [5.41, 5.74) is 0.660. The number of hydrogen-bond donors (Lipinski definition) is 2.